The fourth-order valence-corrected chi connectivity index (χ4v) is 5.15. The van der Waals surface area contributed by atoms with Gasteiger partial charge >= 0.3 is 0 Å². The van der Waals surface area contributed by atoms with E-state index in [2.05, 4.69) is 24.1 Å². The Morgan fingerprint density at radius 2 is 1.90 bits per heavy atom. The van der Waals surface area contributed by atoms with Crippen LogP contribution in [0.1, 0.15) is 52.4 Å². The number of rotatable bonds is 7. The van der Waals surface area contributed by atoms with Crippen LogP contribution in [0.2, 0.25) is 0 Å². The predicted octanol–water partition coefficient (Wildman–Crippen LogP) is 2.64. The van der Waals surface area contributed by atoms with E-state index < -0.39 is 10.8 Å². The minimum Gasteiger partial charge on any atom is -0.314 e. The van der Waals surface area contributed by atoms with Gasteiger partial charge in [-0.05, 0) is 44.1 Å². The van der Waals surface area contributed by atoms with Crippen molar-refractivity contribution in [3.63, 3.8) is 0 Å². The number of hydrogen-bond acceptors (Lipinski definition) is 3. The van der Waals surface area contributed by atoms with Crippen LogP contribution in [0.25, 0.3) is 0 Å². The van der Waals surface area contributed by atoms with Gasteiger partial charge in [-0.15, -0.1) is 0 Å². The van der Waals surface area contributed by atoms with Crippen LogP contribution in [0.3, 0.4) is 0 Å². The van der Waals surface area contributed by atoms with E-state index in [0.29, 0.717) is 6.04 Å². The van der Waals surface area contributed by atoms with Crippen LogP contribution in [0.4, 0.5) is 0 Å². The van der Waals surface area contributed by atoms with Crippen LogP contribution < -0.4 is 5.32 Å². The van der Waals surface area contributed by atoms with E-state index in [9.17, 15) is 4.21 Å². The van der Waals surface area contributed by atoms with E-state index in [1.165, 1.54) is 45.1 Å². The zero-order valence-corrected chi connectivity index (χ0v) is 14.8. The highest BCUT2D eigenvalue weighted by atomic mass is 32.2. The summed E-state index contributed by atoms with van der Waals surface area (Å²) in [5.41, 5.74) is 0. The van der Waals surface area contributed by atoms with Crippen LogP contribution in [0.15, 0.2) is 0 Å². The maximum atomic E-state index is 11.5. The Kier molecular flexibility index (Phi) is 7.69. The lowest BCUT2D eigenvalue weighted by Crippen LogP contribution is -2.48. The molecule has 0 bridgehead atoms. The molecule has 1 saturated heterocycles. The van der Waals surface area contributed by atoms with Gasteiger partial charge in [-0.2, -0.15) is 0 Å². The number of hydrogen-bond donors (Lipinski definition) is 1. The van der Waals surface area contributed by atoms with Crippen LogP contribution in [-0.2, 0) is 10.8 Å². The maximum absolute atomic E-state index is 11.5. The fraction of sp³-hybridized carbons (Fsp3) is 1.00. The molecule has 0 amide bonds. The van der Waals surface area contributed by atoms with Gasteiger partial charge in [-0.3, -0.25) is 4.21 Å². The highest BCUT2D eigenvalue weighted by Gasteiger charge is 2.31. The highest BCUT2D eigenvalue weighted by Crippen LogP contribution is 2.33. The van der Waals surface area contributed by atoms with Gasteiger partial charge in [0.05, 0.1) is 0 Å². The molecular weight excluding hydrogens is 280 g/mol. The monoisotopic (exact) mass is 314 g/mol. The van der Waals surface area contributed by atoms with Gasteiger partial charge in [0.1, 0.15) is 0 Å². The molecule has 21 heavy (non-hydrogen) atoms. The summed E-state index contributed by atoms with van der Waals surface area (Å²) in [7, 11) is -0.548. The third-order valence-corrected chi connectivity index (χ3v) is 6.48. The average Bonchev–Trinajstić information content (AvgIpc) is 2.49. The minimum atomic E-state index is -0.548. The second kappa shape index (κ2) is 9.26. The van der Waals surface area contributed by atoms with E-state index in [4.69, 9.17) is 0 Å². The molecule has 4 heteroatoms. The summed E-state index contributed by atoms with van der Waals surface area (Å²) in [6, 6.07) is 0.713. The van der Waals surface area contributed by atoms with Crippen molar-refractivity contribution < 1.29 is 4.21 Å². The SMILES string of the molecule is CCCNC1CCC(CCC)CC1CN1CCS(=O)CC1. The summed E-state index contributed by atoms with van der Waals surface area (Å²) in [4.78, 5) is 2.57. The Hall–Kier alpha value is 0.0700. The molecule has 2 fully saturated rings. The van der Waals surface area contributed by atoms with E-state index in [-0.39, 0.29) is 0 Å². The van der Waals surface area contributed by atoms with E-state index >= 15 is 0 Å². The standard InChI is InChI=1S/C17H34N2OS/c1-3-5-15-6-7-17(18-8-4-2)16(13-15)14-19-9-11-21(20)12-10-19/h15-18H,3-14H2,1-2H3. The van der Waals surface area contributed by atoms with E-state index in [0.717, 1.165) is 43.0 Å². The normalized spacial score (nSPS) is 32.4. The summed E-state index contributed by atoms with van der Waals surface area (Å²) in [6.45, 7) is 9.04. The molecule has 0 radical (unpaired) electrons. The van der Waals surface area contributed by atoms with Crippen molar-refractivity contribution in [1.82, 2.24) is 10.2 Å². The summed E-state index contributed by atoms with van der Waals surface area (Å²) in [5.74, 6) is 3.52. The molecule has 3 unspecified atom stereocenters. The van der Waals surface area contributed by atoms with Crippen molar-refractivity contribution in [3.8, 4) is 0 Å². The lowest BCUT2D eigenvalue weighted by atomic mass is 9.76. The predicted molar refractivity (Wildman–Crippen MR) is 92.1 cm³/mol. The summed E-state index contributed by atoms with van der Waals surface area (Å²) >= 11 is 0. The second-order valence-corrected chi connectivity index (χ2v) is 8.63. The molecule has 0 spiro atoms. The molecule has 1 saturated carbocycles. The zero-order chi connectivity index (χ0) is 15.1. The van der Waals surface area contributed by atoms with Gasteiger partial charge in [-0.25, -0.2) is 0 Å². The molecule has 0 aromatic heterocycles. The van der Waals surface area contributed by atoms with E-state index in [1.54, 1.807) is 0 Å². The summed E-state index contributed by atoms with van der Waals surface area (Å²) < 4.78 is 11.5. The molecule has 3 atom stereocenters. The van der Waals surface area contributed by atoms with Crippen molar-refractivity contribution in [1.29, 1.82) is 0 Å². The fourth-order valence-electron chi connectivity index (χ4n) is 4.02. The molecule has 1 heterocycles. The number of nitrogens with zero attached hydrogens (tertiary/aromatic N) is 1. The Morgan fingerprint density at radius 3 is 2.57 bits per heavy atom. The van der Waals surface area contributed by atoms with Crippen molar-refractivity contribution in [2.45, 2.75) is 58.4 Å². The van der Waals surface area contributed by atoms with Gasteiger partial charge < -0.3 is 10.2 Å². The molecule has 0 aromatic rings. The van der Waals surface area contributed by atoms with Crippen molar-refractivity contribution in [3.05, 3.63) is 0 Å². The molecule has 0 aromatic carbocycles. The van der Waals surface area contributed by atoms with Crippen molar-refractivity contribution in [2.75, 3.05) is 37.7 Å². The van der Waals surface area contributed by atoms with E-state index in [1.807, 2.05) is 0 Å². The average molecular weight is 315 g/mol. The zero-order valence-electron chi connectivity index (χ0n) is 14.0. The minimum absolute atomic E-state index is 0.548. The molecule has 2 rings (SSSR count). The lowest BCUT2D eigenvalue weighted by molar-refractivity contribution is 0.141. The first-order valence-electron chi connectivity index (χ1n) is 9.03. The van der Waals surface area contributed by atoms with Gasteiger partial charge in [0.25, 0.3) is 0 Å². The van der Waals surface area contributed by atoms with Crippen molar-refractivity contribution in [2.24, 2.45) is 11.8 Å². The maximum Gasteiger partial charge on any atom is 0.0363 e. The van der Waals surface area contributed by atoms with Gasteiger partial charge in [0, 0.05) is 48.0 Å². The third kappa shape index (κ3) is 5.65. The lowest BCUT2D eigenvalue weighted by Gasteiger charge is -2.40. The topological polar surface area (TPSA) is 32.3 Å². The van der Waals surface area contributed by atoms with Crippen LogP contribution in [0, 0.1) is 11.8 Å². The molecule has 3 nitrogen and oxygen atoms in total. The first-order valence-corrected chi connectivity index (χ1v) is 10.5. The Balaban J connectivity index is 1.87. The highest BCUT2D eigenvalue weighted by molar-refractivity contribution is 7.85. The smallest absolute Gasteiger partial charge is 0.0363 e. The van der Waals surface area contributed by atoms with Crippen LogP contribution in [0.5, 0.6) is 0 Å². The summed E-state index contributed by atoms with van der Waals surface area (Å²) in [5, 5.41) is 3.80. The van der Waals surface area contributed by atoms with Crippen LogP contribution in [-0.4, -0.2) is 52.8 Å². The van der Waals surface area contributed by atoms with Gasteiger partial charge in [0.15, 0.2) is 0 Å². The molecule has 1 N–H and O–H groups in total. The first-order chi connectivity index (χ1) is 10.2. The molecular formula is C17H34N2OS. The molecule has 2 aliphatic rings. The van der Waals surface area contributed by atoms with Crippen molar-refractivity contribution >= 4 is 10.8 Å². The largest absolute Gasteiger partial charge is 0.314 e. The van der Waals surface area contributed by atoms with Gasteiger partial charge in [0.2, 0.25) is 0 Å². The molecule has 1 aliphatic heterocycles. The Morgan fingerprint density at radius 1 is 1.14 bits per heavy atom. The molecule has 124 valence electrons. The Labute approximate surface area is 133 Å². The molecule has 1 aliphatic carbocycles. The number of nitrogens with one attached hydrogen (secondary N) is 1. The first kappa shape index (κ1) is 17.4. The quantitative estimate of drug-likeness (QED) is 0.784. The third-order valence-electron chi connectivity index (χ3n) is 5.21. The second-order valence-electron chi connectivity index (χ2n) is 6.94. The Bertz CT molecular complexity index is 314. The summed E-state index contributed by atoms with van der Waals surface area (Å²) in [6.07, 6.45) is 8.12. The van der Waals surface area contributed by atoms with Gasteiger partial charge in [-0.1, -0.05) is 26.7 Å². The van der Waals surface area contributed by atoms with Crippen LogP contribution >= 0.6 is 0 Å².